The topological polar surface area (TPSA) is 13.1 Å². The van der Waals surface area contributed by atoms with Gasteiger partial charge in [-0.05, 0) is 107 Å². The van der Waals surface area contributed by atoms with Crippen molar-refractivity contribution >= 4 is 77.2 Å². The zero-order valence-corrected chi connectivity index (χ0v) is 25.6. The molecule has 0 bridgehead atoms. The van der Waals surface area contributed by atoms with Crippen molar-refractivity contribution in [2.45, 2.75) is 12.3 Å². The fourth-order valence-corrected chi connectivity index (χ4v) is 8.71. The van der Waals surface area contributed by atoms with Gasteiger partial charge in [0.25, 0.3) is 0 Å². The van der Waals surface area contributed by atoms with Gasteiger partial charge >= 0.3 is 0 Å². The normalized spacial score (nSPS) is 15.2. The predicted octanol–water partition coefficient (Wildman–Crippen LogP) is 13.1. The molecule has 11 rings (SSSR count). The average molecular weight is 597 g/mol. The van der Waals surface area contributed by atoms with E-state index in [1.807, 2.05) is 6.07 Å². The van der Waals surface area contributed by atoms with Crippen LogP contribution in [-0.4, -0.2) is 0 Å². The summed E-state index contributed by atoms with van der Waals surface area (Å²) in [6.45, 7) is 0. The van der Waals surface area contributed by atoms with Gasteiger partial charge in [0, 0.05) is 16.7 Å². The Balaban J connectivity index is 1.21. The first kappa shape index (κ1) is 25.3. The van der Waals surface area contributed by atoms with Gasteiger partial charge in [0.2, 0.25) is 0 Å². The van der Waals surface area contributed by atoms with Gasteiger partial charge in [0.1, 0.15) is 11.2 Å². The van der Waals surface area contributed by atoms with E-state index in [1.54, 1.807) is 0 Å². The summed E-state index contributed by atoms with van der Waals surface area (Å²) in [4.78, 5) is 0. The third kappa shape index (κ3) is 3.43. The highest BCUT2D eigenvalue weighted by atomic mass is 16.3. The zero-order chi connectivity index (χ0) is 30.6. The number of hydrogen-bond donors (Lipinski definition) is 0. The molecule has 1 aromatic heterocycles. The number of benzene rings is 8. The maximum absolute atomic E-state index is 6.22. The van der Waals surface area contributed by atoms with Gasteiger partial charge in [-0.2, -0.15) is 0 Å². The van der Waals surface area contributed by atoms with Crippen LogP contribution in [0.1, 0.15) is 29.0 Å². The highest BCUT2D eigenvalue weighted by molar-refractivity contribution is 6.24. The minimum Gasteiger partial charge on any atom is -0.456 e. The molecule has 2 aliphatic carbocycles. The van der Waals surface area contributed by atoms with Crippen LogP contribution in [0.15, 0.2) is 144 Å². The Kier molecular flexibility index (Phi) is 5.01. The van der Waals surface area contributed by atoms with Gasteiger partial charge in [-0.1, -0.05) is 133 Å². The number of fused-ring (bicyclic) bond motifs is 7. The minimum absolute atomic E-state index is 0.450. The molecule has 0 radical (unpaired) electrons. The third-order valence-corrected chi connectivity index (χ3v) is 10.7. The first-order chi connectivity index (χ1) is 23.3. The Labute approximate surface area is 271 Å². The van der Waals surface area contributed by atoms with E-state index in [1.165, 1.54) is 87.4 Å². The van der Waals surface area contributed by atoms with Crippen LogP contribution in [0.3, 0.4) is 0 Å². The molecule has 0 fully saturated rings. The standard InChI is InChI=1S/C46H28O/c1-3-12-35-33(10-1)43(31-20-22-32-30(26-31)21-25-41-46(32)39-14-5-6-15-40(39)47-41)34-11-2-4-13-36(34)45(35)38-24-19-29-17-16-27-8-7-9-28-18-23-37(38)44(29)42(27)28/h1-8,10-26,28H,9H2. The van der Waals surface area contributed by atoms with Gasteiger partial charge in [0.15, 0.2) is 0 Å². The first-order valence-corrected chi connectivity index (χ1v) is 16.5. The lowest BCUT2D eigenvalue weighted by atomic mass is 9.76. The molecule has 0 amide bonds. The van der Waals surface area contributed by atoms with Crippen molar-refractivity contribution < 1.29 is 4.42 Å². The zero-order valence-electron chi connectivity index (χ0n) is 25.6. The summed E-state index contributed by atoms with van der Waals surface area (Å²) in [6.07, 6.45) is 10.5. The van der Waals surface area contributed by atoms with Crippen LogP contribution >= 0.6 is 0 Å². The maximum atomic E-state index is 6.22. The molecule has 0 N–H and O–H groups in total. The molecule has 1 heteroatoms. The summed E-state index contributed by atoms with van der Waals surface area (Å²) in [5.74, 6) is 0.450. The molecule has 1 atom stereocenters. The highest BCUT2D eigenvalue weighted by Crippen LogP contribution is 2.49. The van der Waals surface area contributed by atoms with Crippen molar-refractivity contribution in [3.63, 3.8) is 0 Å². The molecular formula is C46H28O. The van der Waals surface area contributed by atoms with Gasteiger partial charge in [-0.25, -0.2) is 0 Å². The van der Waals surface area contributed by atoms with Crippen molar-refractivity contribution in [3.8, 4) is 22.3 Å². The number of para-hydroxylation sites is 1. The molecule has 0 aliphatic heterocycles. The Morgan fingerprint density at radius 3 is 2.02 bits per heavy atom. The largest absolute Gasteiger partial charge is 0.456 e. The molecule has 0 spiro atoms. The monoisotopic (exact) mass is 596 g/mol. The molecule has 1 unspecified atom stereocenters. The lowest BCUT2D eigenvalue weighted by Crippen LogP contribution is -2.07. The van der Waals surface area contributed by atoms with Crippen LogP contribution in [0.5, 0.6) is 0 Å². The second-order valence-electron chi connectivity index (χ2n) is 13.1. The van der Waals surface area contributed by atoms with E-state index in [4.69, 9.17) is 4.42 Å². The van der Waals surface area contributed by atoms with Crippen LogP contribution in [0.25, 0.3) is 99.4 Å². The van der Waals surface area contributed by atoms with Gasteiger partial charge in [0.05, 0.1) is 0 Å². The lowest BCUT2D eigenvalue weighted by Gasteiger charge is -2.27. The van der Waals surface area contributed by atoms with E-state index < -0.39 is 0 Å². The summed E-state index contributed by atoms with van der Waals surface area (Å²) in [7, 11) is 0. The van der Waals surface area contributed by atoms with Crippen LogP contribution in [0.2, 0.25) is 0 Å². The van der Waals surface area contributed by atoms with Gasteiger partial charge < -0.3 is 4.42 Å². The number of furan rings is 1. The number of allylic oxidation sites excluding steroid dienone is 2. The molecule has 9 aromatic rings. The van der Waals surface area contributed by atoms with E-state index in [0.717, 1.165) is 23.0 Å². The van der Waals surface area contributed by atoms with Crippen molar-refractivity contribution in [3.05, 3.63) is 156 Å². The van der Waals surface area contributed by atoms with E-state index in [2.05, 4.69) is 146 Å². The van der Waals surface area contributed by atoms with E-state index in [0.29, 0.717) is 5.92 Å². The van der Waals surface area contributed by atoms with Gasteiger partial charge in [-0.3, -0.25) is 0 Å². The average Bonchev–Trinajstić information content (AvgIpc) is 3.52. The molecular weight excluding hydrogens is 569 g/mol. The van der Waals surface area contributed by atoms with Crippen LogP contribution < -0.4 is 0 Å². The van der Waals surface area contributed by atoms with Crippen molar-refractivity contribution in [1.29, 1.82) is 0 Å². The maximum Gasteiger partial charge on any atom is 0.136 e. The van der Waals surface area contributed by atoms with Crippen LogP contribution in [-0.2, 0) is 0 Å². The molecule has 1 heterocycles. The fraction of sp³-hybridized carbons (Fsp3) is 0.0435. The Morgan fingerprint density at radius 1 is 0.511 bits per heavy atom. The second kappa shape index (κ2) is 9.31. The molecule has 8 aromatic carbocycles. The summed E-state index contributed by atoms with van der Waals surface area (Å²) in [5, 5.41) is 12.7. The fourth-order valence-electron chi connectivity index (χ4n) is 8.71. The predicted molar refractivity (Wildman–Crippen MR) is 200 cm³/mol. The van der Waals surface area contributed by atoms with Crippen molar-refractivity contribution in [2.75, 3.05) is 0 Å². The SMILES string of the molecule is C1=Cc2ccc3ccc(-c4c5ccccc5c(-c5ccc6c(ccc7oc8ccccc8c76)c5)c5ccccc45)c4c3c2C(C=C4)C1. The third-order valence-electron chi connectivity index (χ3n) is 10.7. The molecule has 47 heavy (non-hydrogen) atoms. The molecule has 1 nitrogen and oxygen atoms in total. The van der Waals surface area contributed by atoms with E-state index >= 15 is 0 Å². The highest BCUT2D eigenvalue weighted by Gasteiger charge is 2.26. The van der Waals surface area contributed by atoms with Gasteiger partial charge in [-0.15, -0.1) is 0 Å². The van der Waals surface area contributed by atoms with E-state index in [-0.39, 0.29) is 0 Å². The smallest absolute Gasteiger partial charge is 0.136 e. The van der Waals surface area contributed by atoms with Crippen LogP contribution in [0, 0.1) is 0 Å². The molecule has 2 aliphatic rings. The summed E-state index contributed by atoms with van der Waals surface area (Å²) < 4.78 is 6.22. The van der Waals surface area contributed by atoms with Crippen molar-refractivity contribution in [1.82, 2.24) is 0 Å². The summed E-state index contributed by atoms with van der Waals surface area (Å²) >= 11 is 0. The molecule has 0 saturated heterocycles. The minimum atomic E-state index is 0.450. The quantitative estimate of drug-likeness (QED) is 0.181. The second-order valence-corrected chi connectivity index (χ2v) is 13.1. The lowest BCUT2D eigenvalue weighted by molar-refractivity contribution is 0.669. The number of hydrogen-bond acceptors (Lipinski definition) is 1. The number of rotatable bonds is 2. The first-order valence-electron chi connectivity index (χ1n) is 16.5. The Morgan fingerprint density at radius 2 is 1.21 bits per heavy atom. The summed E-state index contributed by atoms with van der Waals surface area (Å²) in [5.41, 5.74) is 11.2. The van der Waals surface area contributed by atoms with Crippen LogP contribution in [0.4, 0.5) is 0 Å². The molecule has 218 valence electrons. The Bertz CT molecular complexity index is 2820. The van der Waals surface area contributed by atoms with Crippen molar-refractivity contribution in [2.24, 2.45) is 0 Å². The molecule has 0 saturated carbocycles. The van der Waals surface area contributed by atoms with E-state index in [9.17, 15) is 0 Å². The summed E-state index contributed by atoms with van der Waals surface area (Å²) in [6, 6.07) is 46.9. The Hall–Kier alpha value is -5.92.